The van der Waals surface area contributed by atoms with Crippen molar-refractivity contribution in [2.24, 2.45) is 0 Å². The van der Waals surface area contributed by atoms with E-state index >= 15 is 0 Å². The summed E-state index contributed by atoms with van der Waals surface area (Å²) in [5.41, 5.74) is 0.905. The highest BCUT2D eigenvalue weighted by atomic mass is 79.9. The van der Waals surface area contributed by atoms with Crippen molar-refractivity contribution >= 4 is 73.3 Å². The van der Waals surface area contributed by atoms with Gasteiger partial charge in [0.1, 0.15) is 11.5 Å². The molecular weight excluding hydrogens is 522 g/mol. The van der Waals surface area contributed by atoms with Crippen molar-refractivity contribution in [3.8, 4) is 11.3 Å². The van der Waals surface area contributed by atoms with Gasteiger partial charge in [0.25, 0.3) is 17.3 Å². The van der Waals surface area contributed by atoms with Crippen LogP contribution in [0.15, 0.2) is 68.4 Å². The number of hydrogen-bond acceptors (Lipinski definition) is 8. The number of non-ortho nitro benzene ring substituents is 2. The number of carbonyl (C=O) groups is 1. The molecule has 0 saturated carbocycles. The Kier molecular flexibility index (Phi) is 5.91. The van der Waals surface area contributed by atoms with Gasteiger partial charge in [-0.3, -0.25) is 29.9 Å². The molecule has 160 valence electrons. The summed E-state index contributed by atoms with van der Waals surface area (Å²) in [6, 6.07) is 13.2. The zero-order chi connectivity index (χ0) is 23.0. The number of amides is 1. The maximum atomic E-state index is 12.9. The van der Waals surface area contributed by atoms with Gasteiger partial charge < -0.3 is 4.42 Å². The molecule has 0 bridgehead atoms. The molecule has 3 aromatic rings. The summed E-state index contributed by atoms with van der Waals surface area (Å²) in [6.07, 6.45) is 1.55. The predicted octanol–water partition coefficient (Wildman–Crippen LogP) is 5.93. The number of thioether (sulfide) groups is 1. The number of benzene rings is 2. The largest absolute Gasteiger partial charge is 0.457 e. The third kappa shape index (κ3) is 4.20. The monoisotopic (exact) mass is 531 g/mol. The van der Waals surface area contributed by atoms with Crippen molar-refractivity contribution in [3.05, 3.63) is 90.0 Å². The lowest BCUT2D eigenvalue weighted by molar-refractivity contribution is -0.385. The predicted molar refractivity (Wildman–Crippen MR) is 127 cm³/mol. The summed E-state index contributed by atoms with van der Waals surface area (Å²) >= 11 is 9.71. The number of rotatable bonds is 5. The average molecular weight is 532 g/mol. The van der Waals surface area contributed by atoms with Gasteiger partial charge in [-0.05, 0) is 46.3 Å². The van der Waals surface area contributed by atoms with Crippen molar-refractivity contribution < 1.29 is 19.1 Å². The molecule has 2 aromatic carbocycles. The molecule has 1 aliphatic heterocycles. The Bertz CT molecular complexity index is 1320. The molecule has 0 atom stereocenters. The minimum atomic E-state index is -0.522. The lowest BCUT2D eigenvalue weighted by Crippen LogP contribution is -2.27. The van der Waals surface area contributed by atoms with E-state index in [1.54, 1.807) is 24.3 Å². The first kappa shape index (κ1) is 21.9. The van der Waals surface area contributed by atoms with E-state index in [0.29, 0.717) is 36.5 Å². The van der Waals surface area contributed by atoms with Crippen molar-refractivity contribution in [2.45, 2.75) is 0 Å². The van der Waals surface area contributed by atoms with Crippen LogP contribution in [0.25, 0.3) is 17.4 Å². The lowest BCUT2D eigenvalue weighted by atomic mass is 10.1. The van der Waals surface area contributed by atoms with Gasteiger partial charge in [0.2, 0.25) is 0 Å². The van der Waals surface area contributed by atoms with Crippen LogP contribution in [-0.4, -0.2) is 20.1 Å². The van der Waals surface area contributed by atoms with Gasteiger partial charge in [-0.25, -0.2) is 0 Å². The second-order valence-electron chi connectivity index (χ2n) is 6.41. The Morgan fingerprint density at radius 1 is 1.00 bits per heavy atom. The number of nitro benzene ring substituents is 2. The Morgan fingerprint density at radius 3 is 2.28 bits per heavy atom. The first-order valence-corrected chi connectivity index (χ1v) is 10.8. The van der Waals surface area contributed by atoms with Crippen LogP contribution in [0.3, 0.4) is 0 Å². The number of carbonyl (C=O) groups excluding carboxylic acids is 1. The topological polar surface area (TPSA) is 120 Å². The highest BCUT2D eigenvalue weighted by Gasteiger charge is 2.33. The molecule has 0 aliphatic carbocycles. The van der Waals surface area contributed by atoms with Crippen LogP contribution in [0, 0.1) is 20.2 Å². The fraction of sp³-hybridized carbons (Fsp3) is 0. The van der Waals surface area contributed by atoms with E-state index in [1.807, 2.05) is 0 Å². The molecule has 0 radical (unpaired) electrons. The smallest absolute Gasteiger partial charge is 0.270 e. The summed E-state index contributed by atoms with van der Waals surface area (Å²) in [5, 5.41) is 21.7. The van der Waals surface area contributed by atoms with Crippen LogP contribution in [-0.2, 0) is 4.79 Å². The number of nitrogens with zero attached hydrogens (tertiary/aromatic N) is 3. The molecule has 9 nitrogen and oxygen atoms in total. The standard InChI is InChI=1S/C20H10BrN3O6S2/c21-16-9-13(24(28)29)5-7-15(16)17-8-6-14(30-17)10-18-19(25)22(20(31)32-18)11-1-3-12(4-2-11)23(26)27/h1-10H/b18-10-. The molecule has 1 aromatic heterocycles. The average Bonchev–Trinajstić information content (AvgIpc) is 3.32. The molecule has 1 aliphatic rings. The molecule has 1 amide bonds. The molecule has 0 spiro atoms. The third-order valence-electron chi connectivity index (χ3n) is 4.44. The van der Waals surface area contributed by atoms with Gasteiger partial charge in [-0.15, -0.1) is 0 Å². The Labute approximate surface area is 198 Å². The minimum absolute atomic E-state index is 0.0534. The van der Waals surface area contributed by atoms with Gasteiger partial charge in [-0.2, -0.15) is 0 Å². The molecule has 2 heterocycles. The van der Waals surface area contributed by atoms with Crippen molar-refractivity contribution in [1.82, 2.24) is 0 Å². The Morgan fingerprint density at radius 2 is 1.66 bits per heavy atom. The van der Waals surface area contributed by atoms with Crippen molar-refractivity contribution in [3.63, 3.8) is 0 Å². The quantitative estimate of drug-likeness (QED) is 0.172. The van der Waals surface area contributed by atoms with E-state index in [-0.39, 0.29) is 17.3 Å². The second-order valence-corrected chi connectivity index (χ2v) is 8.94. The van der Waals surface area contributed by atoms with E-state index < -0.39 is 9.85 Å². The summed E-state index contributed by atoms with van der Waals surface area (Å²) in [6.45, 7) is 0. The van der Waals surface area contributed by atoms with Crippen molar-refractivity contribution in [2.75, 3.05) is 4.90 Å². The van der Waals surface area contributed by atoms with E-state index in [9.17, 15) is 25.0 Å². The number of thiocarbonyl (C=S) groups is 1. The fourth-order valence-corrected chi connectivity index (χ4v) is 4.78. The first-order chi connectivity index (χ1) is 15.2. The highest BCUT2D eigenvalue weighted by Crippen LogP contribution is 2.38. The van der Waals surface area contributed by atoms with Gasteiger partial charge >= 0.3 is 0 Å². The van der Waals surface area contributed by atoms with Crippen LogP contribution in [0.1, 0.15) is 5.76 Å². The number of furan rings is 1. The van der Waals surface area contributed by atoms with Crippen LogP contribution >= 0.6 is 39.9 Å². The van der Waals surface area contributed by atoms with E-state index in [4.69, 9.17) is 16.6 Å². The second kappa shape index (κ2) is 8.65. The van der Waals surface area contributed by atoms with Crippen molar-refractivity contribution in [1.29, 1.82) is 0 Å². The van der Waals surface area contributed by atoms with Gasteiger partial charge in [0.15, 0.2) is 4.32 Å². The molecular formula is C20H10BrN3O6S2. The van der Waals surface area contributed by atoms with Crippen LogP contribution in [0.2, 0.25) is 0 Å². The first-order valence-electron chi connectivity index (χ1n) is 8.81. The van der Waals surface area contributed by atoms with E-state index in [0.717, 1.165) is 11.8 Å². The number of anilines is 1. The maximum Gasteiger partial charge on any atom is 0.270 e. The number of hydrogen-bond donors (Lipinski definition) is 0. The third-order valence-corrected chi connectivity index (χ3v) is 6.40. The normalized spacial score (nSPS) is 14.9. The molecule has 1 saturated heterocycles. The van der Waals surface area contributed by atoms with E-state index in [2.05, 4.69) is 15.9 Å². The van der Waals surface area contributed by atoms with Crippen LogP contribution in [0.5, 0.6) is 0 Å². The van der Waals surface area contributed by atoms with E-state index in [1.165, 1.54) is 41.3 Å². The summed E-state index contributed by atoms with van der Waals surface area (Å²) < 4.78 is 6.59. The number of halogens is 1. The Balaban J connectivity index is 1.58. The molecule has 0 unspecified atom stereocenters. The molecule has 12 heteroatoms. The van der Waals surface area contributed by atoms with Gasteiger partial charge in [-0.1, -0.05) is 24.0 Å². The number of nitro groups is 2. The summed E-state index contributed by atoms with van der Waals surface area (Å²) in [5.74, 6) is 0.488. The molecule has 32 heavy (non-hydrogen) atoms. The molecule has 4 rings (SSSR count). The van der Waals surface area contributed by atoms with Crippen LogP contribution in [0.4, 0.5) is 17.1 Å². The van der Waals surface area contributed by atoms with Crippen LogP contribution < -0.4 is 4.90 Å². The van der Waals surface area contributed by atoms with Gasteiger partial charge in [0.05, 0.1) is 20.4 Å². The highest BCUT2D eigenvalue weighted by molar-refractivity contribution is 9.10. The molecule has 0 N–H and O–H groups in total. The summed E-state index contributed by atoms with van der Waals surface area (Å²) in [4.78, 5) is 35.2. The zero-order valence-corrected chi connectivity index (χ0v) is 19.0. The fourth-order valence-electron chi connectivity index (χ4n) is 2.94. The Hall–Kier alpha value is -3.35. The summed E-state index contributed by atoms with van der Waals surface area (Å²) in [7, 11) is 0. The maximum absolute atomic E-state index is 12.9. The lowest BCUT2D eigenvalue weighted by Gasteiger charge is -2.13. The van der Waals surface area contributed by atoms with Gasteiger partial charge in [0, 0.05) is 40.4 Å². The minimum Gasteiger partial charge on any atom is -0.457 e. The molecule has 1 fully saturated rings. The zero-order valence-electron chi connectivity index (χ0n) is 15.8. The SMILES string of the molecule is O=C1/C(=C/c2ccc(-c3ccc([N+](=O)[O-])cc3Br)o2)SC(=S)N1c1ccc([N+](=O)[O-])cc1.